The molecule has 0 spiro atoms. The fourth-order valence-corrected chi connectivity index (χ4v) is 3.33. The third-order valence-electron chi connectivity index (χ3n) is 4.96. The molecule has 2 fully saturated rings. The molecule has 0 aromatic heterocycles. The lowest BCUT2D eigenvalue weighted by atomic mass is 9.78. The molecule has 23 heavy (non-hydrogen) atoms. The van der Waals surface area contributed by atoms with E-state index in [1.54, 1.807) is 6.07 Å². The lowest BCUT2D eigenvalue weighted by Crippen LogP contribution is -2.51. The first-order valence-electron chi connectivity index (χ1n) is 8.15. The Morgan fingerprint density at radius 3 is 2.87 bits per heavy atom. The lowest BCUT2D eigenvalue weighted by Gasteiger charge is -2.42. The van der Waals surface area contributed by atoms with Gasteiger partial charge in [-0.05, 0) is 44.6 Å². The van der Waals surface area contributed by atoms with Crippen LogP contribution < -0.4 is 0 Å². The summed E-state index contributed by atoms with van der Waals surface area (Å²) < 4.78 is 5.82. The van der Waals surface area contributed by atoms with Crippen LogP contribution in [0.4, 0.5) is 0 Å². The highest BCUT2D eigenvalue weighted by atomic mass is 16.5. The summed E-state index contributed by atoms with van der Waals surface area (Å²) in [5, 5.41) is 9.02. The highest BCUT2D eigenvalue weighted by Crippen LogP contribution is 2.33. The second-order valence-corrected chi connectivity index (χ2v) is 6.67. The van der Waals surface area contributed by atoms with E-state index in [-0.39, 0.29) is 17.9 Å². The molecular weight excluding hydrogens is 290 g/mol. The van der Waals surface area contributed by atoms with Crippen LogP contribution in [0.15, 0.2) is 24.3 Å². The van der Waals surface area contributed by atoms with E-state index in [4.69, 9.17) is 10.00 Å². The predicted molar refractivity (Wildman–Crippen MR) is 86.6 cm³/mol. The Kier molecular flexibility index (Phi) is 4.65. The van der Waals surface area contributed by atoms with Crippen molar-refractivity contribution in [2.45, 2.75) is 25.0 Å². The summed E-state index contributed by atoms with van der Waals surface area (Å²) in [6.07, 6.45) is 1.78. The summed E-state index contributed by atoms with van der Waals surface area (Å²) in [5.74, 6) is 0.416. The van der Waals surface area contributed by atoms with Gasteiger partial charge in [-0.15, -0.1) is 0 Å². The van der Waals surface area contributed by atoms with Crippen LogP contribution in [0.5, 0.6) is 0 Å². The first kappa shape index (κ1) is 16.0. The normalized spacial score (nSPS) is 27.4. The number of hydrogen-bond acceptors (Lipinski definition) is 4. The summed E-state index contributed by atoms with van der Waals surface area (Å²) in [4.78, 5) is 16.8. The SMILES string of the molecule is CN(C)C1CC(C(=O)N2CCOC(c3cccc(C#N)c3)C2)C1. The Hall–Kier alpha value is -1.90. The van der Waals surface area contributed by atoms with Crippen molar-refractivity contribution in [1.82, 2.24) is 9.80 Å². The maximum atomic E-state index is 12.6. The van der Waals surface area contributed by atoms with Crippen LogP contribution in [0.3, 0.4) is 0 Å². The van der Waals surface area contributed by atoms with E-state index in [0.717, 1.165) is 18.4 Å². The minimum Gasteiger partial charge on any atom is -0.370 e. The second kappa shape index (κ2) is 6.69. The molecule has 2 aliphatic rings. The van der Waals surface area contributed by atoms with Crippen LogP contribution in [0.25, 0.3) is 0 Å². The summed E-state index contributed by atoms with van der Waals surface area (Å²) in [7, 11) is 4.14. The molecule has 1 aliphatic carbocycles. The molecular formula is C18H23N3O2. The minimum absolute atomic E-state index is 0.134. The Bertz CT molecular complexity index is 617. The van der Waals surface area contributed by atoms with Crippen LogP contribution in [-0.4, -0.2) is 55.5 Å². The van der Waals surface area contributed by atoms with Gasteiger partial charge in [-0.2, -0.15) is 5.26 Å². The summed E-state index contributed by atoms with van der Waals surface area (Å²) >= 11 is 0. The molecule has 122 valence electrons. The van der Waals surface area contributed by atoms with Crippen LogP contribution in [0.2, 0.25) is 0 Å². The molecule has 1 amide bonds. The number of hydrogen-bond donors (Lipinski definition) is 0. The van der Waals surface area contributed by atoms with Crippen LogP contribution in [0, 0.1) is 17.2 Å². The predicted octanol–water partition coefficient (Wildman–Crippen LogP) is 1.80. The number of carbonyl (C=O) groups is 1. The Labute approximate surface area is 137 Å². The van der Waals surface area contributed by atoms with Crippen molar-refractivity contribution < 1.29 is 9.53 Å². The van der Waals surface area contributed by atoms with Crippen LogP contribution >= 0.6 is 0 Å². The van der Waals surface area contributed by atoms with E-state index in [9.17, 15) is 4.79 Å². The third kappa shape index (κ3) is 3.39. The molecule has 1 heterocycles. The lowest BCUT2D eigenvalue weighted by molar-refractivity contribution is -0.148. The standard InChI is InChI=1S/C18H23N3O2/c1-20(2)16-9-15(10-16)18(22)21-6-7-23-17(12-21)14-5-3-4-13(8-14)11-19/h3-5,8,15-17H,6-7,9-10,12H2,1-2H3. The Morgan fingerprint density at radius 1 is 1.39 bits per heavy atom. The van der Waals surface area contributed by atoms with Crippen molar-refractivity contribution in [2.24, 2.45) is 5.92 Å². The second-order valence-electron chi connectivity index (χ2n) is 6.67. The molecule has 5 nitrogen and oxygen atoms in total. The molecule has 1 atom stereocenters. The highest BCUT2D eigenvalue weighted by molar-refractivity contribution is 5.80. The first-order chi connectivity index (χ1) is 11.1. The van der Waals surface area contributed by atoms with E-state index in [2.05, 4.69) is 25.1 Å². The van der Waals surface area contributed by atoms with Gasteiger partial charge in [0.2, 0.25) is 5.91 Å². The topological polar surface area (TPSA) is 56.6 Å². The van der Waals surface area contributed by atoms with Gasteiger partial charge >= 0.3 is 0 Å². The fourth-order valence-electron chi connectivity index (χ4n) is 3.33. The molecule has 1 aliphatic heterocycles. The average molecular weight is 313 g/mol. The molecule has 1 unspecified atom stereocenters. The molecule has 1 saturated carbocycles. The Morgan fingerprint density at radius 2 is 2.17 bits per heavy atom. The van der Waals surface area contributed by atoms with Gasteiger partial charge in [-0.1, -0.05) is 12.1 Å². The molecule has 5 heteroatoms. The van der Waals surface area contributed by atoms with Crippen molar-refractivity contribution in [2.75, 3.05) is 33.8 Å². The zero-order valence-corrected chi connectivity index (χ0v) is 13.7. The largest absolute Gasteiger partial charge is 0.370 e. The molecule has 0 N–H and O–H groups in total. The molecule has 1 aromatic rings. The zero-order chi connectivity index (χ0) is 16.4. The summed E-state index contributed by atoms with van der Waals surface area (Å²) in [5.41, 5.74) is 1.60. The monoisotopic (exact) mass is 313 g/mol. The van der Waals surface area contributed by atoms with Crippen LogP contribution in [0.1, 0.15) is 30.1 Å². The number of morpholine rings is 1. The quantitative estimate of drug-likeness (QED) is 0.854. The van der Waals surface area contributed by atoms with Crippen molar-refractivity contribution in [1.29, 1.82) is 5.26 Å². The van der Waals surface area contributed by atoms with Crippen molar-refractivity contribution in [3.05, 3.63) is 35.4 Å². The number of carbonyl (C=O) groups excluding carboxylic acids is 1. The van der Waals surface area contributed by atoms with Gasteiger partial charge in [0.25, 0.3) is 0 Å². The first-order valence-corrected chi connectivity index (χ1v) is 8.15. The van der Waals surface area contributed by atoms with Gasteiger partial charge in [0, 0.05) is 18.5 Å². The fraction of sp³-hybridized carbons (Fsp3) is 0.556. The van der Waals surface area contributed by atoms with Gasteiger partial charge in [0.15, 0.2) is 0 Å². The molecule has 3 rings (SSSR count). The smallest absolute Gasteiger partial charge is 0.225 e. The maximum absolute atomic E-state index is 12.6. The van der Waals surface area contributed by atoms with E-state index >= 15 is 0 Å². The van der Waals surface area contributed by atoms with Crippen LogP contribution in [-0.2, 0) is 9.53 Å². The van der Waals surface area contributed by atoms with E-state index < -0.39 is 0 Å². The number of benzene rings is 1. The minimum atomic E-state index is -0.134. The van der Waals surface area contributed by atoms with Crippen molar-refractivity contribution in [3.63, 3.8) is 0 Å². The van der Waals surface area contributed by atoms with Crippen molar-refractivity contribution in [3.8, 4) is 6.07 Å². The number of nitrogens with zero attached hydrogens (tertiary/aromatic N) is 3. The average Bonchev–Trinajstić information content (AvgIpc) is 2.53. The third-order valence-corrected chi connectivity index (χ3v) is 4.96. The zero-order valence-electron chi connectivity index (χ0n) is 13.7. The number of nitriles is 1. The van der Waals surface area contributed by atoms with E-state index in [1.807, 2.05) is 23.1 Å². The van der Waals surface area contributed by atoms with Gasteiger partial charge in [0.05, 0.1) is 24.8 Å². The van der Waals surface area contributed by atoms with Gasteiger partial charge in [-0.3, -0.25) is 4.79 Å². The summed E-state index contributed by atoms with van der Waals surface area (Å²) in [6, 6.07) is 10.2. The van der Waals surface area contributed by atoms with Gasteiger partial charge in [-0.25, -0.2) is 0 Å². The van der Waals surface area contributed by atoms with E-state index in [1.165, 1.54) is 0 Å². The summed E-state index contributed by atoms with van der Waals surface area (Å²) in [6.45, 7) is 1.80. The Balaban J connectivity index is 1.62. The number of ether oxygens (including phenoxy) is 1. The van der Waals surface area contributed by atoms with Gasteiger partial charge < -0.3 is 14.5 Å². The highest BCUT2D eigenvalue weighted by Gasteiger charge is 2.39. The molecule has 1 aromatic carbocycles. The molecule has 1 saturated heterocycles. The molecule has 0 radical (unpaired) electrons. The van der Waals surface area contributed by atoms with Gasteiger partial charge in [0.1, 0.15) is 6.10 Å². The number of amides is 1. The maximum Gasteiger partial charge on any atom is 0.225 e. The number of rotatable bonds is 3. The van der Waals surface area contributed by atoms with E-state index in [0.29, 0.717) is 31.3 Å². The van der Waals surface area contributed by atoms with Crippen molar-refractivity contribution >= 4 is 5.91 Å². The molecule has 0 bridgehead atoms.